The topological polar surface area (TPSA) is 256 Å². The van der Waals surface area contributed by atoms with Crippen LogP contribution < -0.4 is 20.1 Å². The van der Waals surface area contributed by atoms with Gasteiger partial charge >= 0.3 is 5.91 Å². The van der Waals surface area contributed by atoms with Crippen molar-refractivity contribution in [3.05, 3.63) is 87.5 Å². The third kappa shape index (κ3) is 5.86. The fourth-order valence-corrected chi connectivity index (χ4v) is 7.43. The van der Waals surface area contributed by atoms with Gasteiger partial charge < -0.3 is 55.1 Å². The SMILES string of the molecule is NC1=NC(=O)C2=NCN(c3ccccc3[C@H]3CCOC[C@@H]4O[C@H](Oc5c3cc3c(c5OCCO)C(=O)c5cc(CO)ccc5C3=O)[C@@H](O)[C@H](O)[C@H]4O)C2=N1. The molecule has 6 atom stereocenters. The maximum Gasteiger partial charge on any atom is 0.302 e. The van der Waals surface area contributed by atoms with Gasteiger partial charge in [-0.25, -0.2) is 0 Å². The van der Waals surface area contributed by atoms with Crippen molar-refractivity contribution in [1.82, 2.24) is 0 Å². The van der Waals surface area contributed by atoms with E-state index in [1.54, 1.807) is 29.2 Å². The van der Waals surface area contributed by atoms with Gasteiger partial charge in [0.15, 0.2) is 34.6 Å². The number of hydrogen-bond donors (Lipinski definition) is 6. The van der Waals surface area contributed by atoms with Crippen molar-refractivity contribution in [3.8, 4) is 11.5 Å². The first-order valence-electron chi connectivity index (χ1n) is 17.2. The van der Waals surface area contributed by atoms with Crippen LogP contribution in [0.5, 0.6) is 11.5 Å². The van der Waals surface area contributed by atoms with Gasteiger partial charge in [0.25, 0.3) is 0 Å². The van der Waals surface area contributed by atoms with Crippen molar-refractivity contribution in [2.45, 2.75) is 49.7 Å². The van der Waals surface area contributed by atoms with Gasteiger partial charge in [0.1, 0.15) is 37.7 Å². The Morgan fingerprint density at radius 3 is 2.52 bits per heavy atom. The van der Waals surface area contributed by atoms with E-state index in [9.17, 15) is 39.9 Å². The van der Waals surface area contributed by atoms with Crippen LogP contribution in [0.2, 0.25) is 0 Å². The number of hydrogen-bond acceptors (Lipinski definition) is 16. The number of aliphatic imine (C=N–C) groups is 3. The molecule has 4 aliphatic heterocycles. The standard InChI is InChI=1S/C37H35N5O12/c38-37-40-34-26(35(50)41-37)39-15-42(34)23-4-2-1-3-18(23)17-7-9-51-14-24-29(47)30(48)31(49)36(53-24)54-32-21(17)12-22-25(33(32)52-10-8-43)28(46)20-11-16(13-44)5-6-19(20)27(22)45/h1-6,11-12,17,24,29-31,36,43-44,47-49H,7-10,13-15H2,(H2,38,41,50)/t17-,24+,29+,30-,31+,36-/m1/s1. The Morgan fingerprint density at radius 1 is 0.907 bits per heavy atom. The molecule has 1 amide bonds. The molecule has 0 unspecified atom stereocenters. The van der Waals surface area contributed by atoms with Crippen molar-refractivity contribution in [2.75, 3.05) is 38.0 Å². The number of guanidine groups is 1. The van der Waals surface area contributed by atoms with Gasteiger partial charge in [0.2, 0.25) is 12.2 Å². The Balaban J connectivity index is 1.37. The van der Waals surface area contributed by atoms with Gasteiger partial charge in [-0.3, -0.25) is 19.4 Å². The molecule has 0 saturated carbocycles. The largest absolute Gasteiger partial charge is 0.486 e. The number of aliphatic hydroxyl groups excluding tert-OH is 5. The predicted octanol–water partition coefficient (Wildman–Crippen LogP) is -0.464. The molecule has 17 heteroatoms. The van der Waals surface area contributed by atoms with Crippen LogP contribution in [0, 0.1) is 0 Å². The highest BCUT2D eigenvalue weighted by molar-refractivity contribution is 6.72. The lowest BCUT2D eigenvalue weighted by molar-refractivity contribution is -0.279. The van der Waals surface area contributed by atoms with Crippen LogP contribution in [0.1, 0.15) is 60.9 Å². The monoisotopic (exact) mass is 741 g/mol. The summed E-state index contributed by atoms with van der Waals surface area (Å²) in [6.07, 6.45) is -7.64. The summed E-state index contributed by atoms with van der Waals surface area (Å²) in [7, 11) is 0. The third-order valence-electron chi connectivity index (χ3n) is 10.0. The first kappa shape index (κ1) is 35.6. The number of carbonyl (C=O) groups excluding carboxylic acids is 3. The summed E-state index contributed by atoms with van der Waals surface area (Å²) in [6, 6.07) is 13.1. The highest BCUT2D eigenvalue weighted by Gasteiger charge is 2.47. The average molecular weight is 742 g/mol. The maximum atomic E-state index is 14.4. The van der Waals surface area contributed by atoms with Crippen LogP contribution >= 0.6 is 0 Å². The number of ketones is 2. The minimum absolute atomic E-state index is 0.000505. The fourth-order valence-electron chi connectivity index (χ4n) is 7.43. The summed E-state index contributed by atoms with van der Waals surface area (Å²) in [5.41, 5.74) is 7.64. The zero-order valence-electron chi connectivity index (χ0n) is 28.5. The molecule has 54 heavy (non-hydrogen) atoms. The number of carbonyl (C=O) groups is 3. The summed E-state index contributed by atoms with van der Waals surface area (Å²) in [6.45, 7) is -1.38. The minimum Gasteiger partial charge on any atom is -0.486 e. The molecule has 0 aromatic heterocycles. The van der Waals surface area contributed by atoms with Crippen molar-refractivity contribution >= 4 is 40.7 Å². The summed E-state index contributed by atoms with van der Waals surface area (Å²) >= 11 is 0. The molecular formula is C37H35N5O12. The summed E-state index contributed by atoms with van der Waals surface area (Å²) < 4.78 is 24.4. The van der Waals surface area contributed by atoms with Crippen LogP contribution in [0.15, 0.2) is 63.5 Å². The normalized spacial score (nSPS) is 26.3. The number of nitrogens with two attached hydrogens (primary N) is 1. The van der Waals surface area contributed by atoms with Gasteiger partial charge in [-0.15, -0.1) is 0 Å². The molecule has 5 aliphatic rings. The lowest BCUT2D eigenvalue weighted by Gasteiger charge is -2.40. The molecule has 4 heterocycles. The molecule has 2 bridgehead atoms. The second kappa shape index (κ2) is 14.1. The number of amides is 1. The number of benzene rings is 3. The Morgan fingerprint density at radius 2 is 1.72 bits per heavy atom. The molecule has 1 fully saturated rings. The molecule has 0 spiro atoms. The Labute approximate surface area is 306 Å². The van der Waals surface area contributed by atoms with Crippen LogP contribution in [-0.4, -0.2) is 124 Å². The summed E-state index contributed by atoms with van der Waals surface area (Å²) in [5.74, 6) is -2.95. The lowest BCUT2D eigenvalue weighted by Crippen LogP contribution is -2.60. The highest BCUT2D eigenvalue weighted by atomic mass is 16.7. The molecule has 0 radical (unpaired) electrons. The van der Waals surface area contributed by atoms with Crippen molar-refractivity contribution in [3.63, 3.8) is 0 Å². The van der Waals surface area contributed by atoms with Gasteiger partial charge in [-0.2, -0.15) is 9.98 Å². The smallest absolute Gasteiger partial charge is 0.302 e. The number of aliphatic hydroxyl groups is 5. The molecule has 1 aliphatic carbocycles. The van der Waals surface area contributed by atoms with Crippen LogP contribution in [0.4, 0.5) is 5.69 Å². The molecule has 3 aromatic rings. The zero-order valence-corrected chi connectivity index (χ0v) is 28.5. The number of amidine groups is 1. The second-order valence-corrected chi connectivity index (χ2v) is 13.2. The van der Waals surface area contributed by atoms with E-state index < -0.39 is 60.7 Å². The van der Waals surface area contributed by atoms with E-state index in [0.29, 0.717) is 16.8 Å². The Hall–Kier alpha value is -5.40. The first-order chi connectivity index (χ1) is 26.1. The number of fused-ring (bicyclic) bond motifs is 6. The van der Waals surface area contributed by atoms with Crippen LogP contribution in [0.3, 0.4) is 0 Å². The van der Waals surface area contributed by atoms with E-state index in [1.165, 1.54) is 18.2 Å². The minimum atomic E-state index is -1.79. The molecule has 280 valence electrons. The van der Waals surface area contributed by atoms with Crippen molar-refractivity contribution < 1.29 is 58.9 Å². The number of nitrogens with zero attached hydrogens (tertiary/aromatic N) is 4. The average Bonchev–Trinajstić information content (AvgIpc) is 3.59. The lowest BCUT2D eigenvalue weighted by atomic mass is 9.78. The van der Waals surface area contributed by atoms with E-state index in [4.69, 9.17) is 24.7 Å². The summed E-state index contributed by atoms with van der Waals surface area (Å²) in [4.78, 5) is 55.5. The summed E-state index contributed by atoms with van der Waals surface area (Å²) in [5, 5.41) is 52.5. The van der Waals surface area contributed by atoms with Crippen LogP contribution in [-0.2, 0) is 20.9 Å². The Bertz CT molecular complexity index is 2170. The molecule has 1 saturated heterocycles. The van der Waals surface area contributed by atoms with E-state index in [1.807, 2.05) is 6.07 Å². The molecule has 17 nitrogen and oxygen atoms in total. The number of rotatable bonds is 6. The van der Waals surface area contributed by atoms with Gasteiger partial charge in [-0.1, -0.05) is 24.3 Å². The molecular weight excluding hydrogens is 706 g/mol. The fraction of sp³-hybridized carbons (Fsp3) is 0.351. The predicted molar refractivity (Wildman–Crippen MR) is 188 cm³/mol. The quantitative estimate of drug-likeness (QED) is 0.146. The van der Waals surface area contributed by atoms with Crippen LogP contribution in [0.25, 0.3) is 0 Å². The van der Waals surface area contributed by atoms with E-state index in [0.717, 1.165) is 0 Å². The second-order valence-electron chi connectivity index (χ2n) is 13.2. The first-order valence-corrected chi connectivity index (χ1v) is 17.2. The van der Waals surface area contributed by atoms with Gasteiger partial charge in [0, 0.05) is 40.5 Å². The molecule has 8 rings (SSSR count). The number of anilines is 1. The molecule has 3 aromatic carbocycles. The van der Waals surface area contributed by atoms with Gasteiger partial charge in [0.05, 0.1) is 25.4 Å². The maximum absolute atomic E-state index is 14.4. The van der Waals surface area contributed by atoms with Gasteiger partial charge in [-0.05, 0) is 41.8 Å². The highest BCUT2D eigenvalue weighted by Crippen LogP contribution is 2.49. The Kier molecular flexibility index (Phi) is 9.31. The number of para-hydroxylation sites is 1. The molecule has 7 N–H and O–H groups in total. The zero-order chi connectivity index (χ0) is 37.8. The van der Waals surface area contributed by atoms with E-state index >= 15 is 0 Å². The van der Waals surface area contributed by atoms with Crippen molar-refractivity contribution in [1.29, 1.82) is 0 Å². The van der Waals surface area contributed by atoms with Crippen molar-refractivity contribution in [2.24, 2.45) is 20.7 Å². The van der Waals surface area contributed by atoms with E-state index in [-0.39, 0.29) is 96.3 Å². The number of ether oxygens (including phenoxy) is 4. The third-order valence-corrected chi connectivity index (χ3v) is 10.0. The van der Waals surface area contributed by atoms with E-state index in [2.05, 4.69) is 15.0 Å².